The van der Waals surface area contributed by atoms with Crippen molar-refractivity contribution in [1.29, 1.82) is 0 Å². The Balaban J connectivity index is 1.24. The Bertz CT molecular complexity index is 1090. The molecular weight excluding hydrogens is 426 g/mol. The van der Waals surface area contributed by atoms with E-state index in [1.165, 1.54) is 16.6 Å². The summed E-state index contributed by atoms with van der Waals surface area (Å²) < 4.78 is 13.8. The number of fused-ring (bicyclic) bond motifs is 1. The van der Waals surface area contributed by atoms with Gasteiger partial charge in [0, 0.05) is 26.1 Å². The number of imidazole rings is 1. The number of nitrogens with zero attached hydrogens (tertiary/aromatic N) is 2. The topological polar surface area (TPSA) is 65.4 Å². The molecule has 1 fully saturated rings. The van der Waals surface area contributed by atoms with Crippen molar-refractivity contribution in [3.8, 4) is 5.75 Å². The van der Waals surface area contributed by atoms with Crippen LogP contribution in [0.4, 0.5) is 0 Å². The number of nitrogens with one attached hydrogen (secondary N) is 1. The third-order valence-corrected chi connectivity index (χ3v) is 6.61. The molecule has 3 aromatic rings. The molecule has 182 valence electrons. The minimum Gasteiger partial charge on any atom is -0.494 e. The Hall–Kier alpha value is -2.86. The third-order valence-electron chi connectivity index (χ3n) is 6.61. The summed E-state index contributed by atoms with van der Waals surface area (Å²) in [5.41, 5.74) is 4.78. The highest BCUT2D eigenvalue weighted by Crippen LogP contribution is 2.20. The number of ether oxygens (including phenoxy) is 2. The Morgan fingerprint density at radius 1 is 1.12 bits per heavy atom. The van der Waals surface area contributed by atoms with Crippen molar-refractivity contribution < 1.29 is 14.3 Å². The fraction of sp³-hybridized carbons (Fsp3) is 0.500. The number of amides is 1. The molecule has 1 aliphatic rings. The Labute approximate surface area is 202 Å². The molecule has 0 spiro atoms. The van der Waals surface area contributed by atoms with E-state index in [0.29, 0.717) is 19.8 Å². The molecule has 2 aromatic carbocycles. The van der Waals surface area contributed by atoms with E-state index < -0.39 is 0 Å². The minimum atomic E-state index is -0.237. The average molecular weight is 464 g/mol. The predicted molar refractivity (Wildman–Crippen MR) is 135 cm³/mol. The number of para-hydroxylation sites is 2. The maximum absolute atomic E-state index is 12.0. The molecule has 4 rings (SSSR count). The van der Waals surface area contributed by atoms with Crippen molar-refractivity contribution >= 4 is 16.9 Å². The standard InChI is InChI=1S/C28H37N3O3/c1-21-14-15-23(20-22(21)2)33-19-9-17-31-25-11-6-5-10-24(25)30-27(31)13-4-3-7-16-29-28(32)26-12-8-18-34-26/h5-6,10-11,14-15,20,26H,3-4,7-9,12-13,16-19H2,1-2H3,(H,29,32). The fourth-order valence-electron chi connectivity index (χ4n) is 4.48. The number of unbranched alkanes of at least 4 members (excludes halogenated alkanes) is 2. The zero-order chi connectivity index (χ0) is 23.8. The van der Waals surface area contributed by atoms with Crippen LogP contribution in [0.25, 0.3) is 11.0 Å². The van der Waals surface area contributed by atoms with Gasteiger partial charge >= 0.3 is 0 Å². The molecule has 0 radical (unpaired) electrons. The lowest BCUT2D eigenvalue weighted by molar-refractivity contribution is -0.130. The first kappa shape index (κ1) is 24.3. The summed E-state index contributed by atoms with van der Waals surface area (Å²) in [6.45, 7) is 7.22. The quantitative estimate of drug-likeness (QED) is 0.378. The summed E-state index contributed by atoms with van der Waals surface area (Å²) in [5, 5.41) is 3.01. The van der Waals surface area contributed by atoms with E-state index in [9.17, 15) is 4.79 Å². The summed E-state index contributed by atoms with van der Waals surface area (Å²) in [7, 11) is 0. The van der Waals surface area contributed by atoms with E-state index >= 15 is 0 Å². The zero-order valence-electron chi connectivity index (χ0n) is 20.5. The lowest BCUT2D eigenvalue weighted by atomic mass is 10.1. The Kier molecular flexibility index (Phi) is 8.58. The fourth-order valence-corrected chi connectivity index (χ4v) is 4.48. The van der Waals surface area contributed by atoms with Gasteiger partial charge in [0.15, 0.2) is 0 Å². The summed E-state index contributed by atoms with van der Waals surface area (Å²) in [5.74, 6) is 2.11. The lowest BCUT2D eigenvalue weighted by Crippen LogP contribution is -2.34. The lowest BCUT2D eigenvalue weighted by Gasteiger charge is -2.12. The Morgan fingerprint density at radius 3 is 2.82 bits per heavy atom. The number of aromatic nitrogens is 2. The van der Waals surface area contributed by atoms with Gasteiger partial charge in [0.25, 0.3) is 0 Å². The van der Waals surface area contributed by atoms with Crippen LogP contribution in [0.5, 0.6) is 5.75 Å². The molecule has 1 atom stereocenters. The van der Waals surface area contributed by atoms with Gasteiger partial charge in [0.05, 0.1) is 17.6 Å². The van der Waals surface area contributed by atoms with Gasteiger partial charge in [0.2, 0.25) is 5.91 Å². The molecule has 0 aliphatic carbocycles. The van der Waals surface area contributed by atoms with Crippen LogP contribution in [-0.2, 0) is 22.5 Å². The number of carbonyl (C=O) groups excluding carboxylic acids is 1. The molecule has 1 amide bonds. The number of hydrogen-bond donors (Lipinski definition) is 1. The molecule has 1 N–H and O–H groups in total. The second kappa shape index (κ2) is 12.0. The maximum Gasteiger partial charge on any atom is 0.249 e. The van der Waals surface area contributed by atoms with Crippen LogP contribution in [0.2, 0.25) is 0 Å². The second-order valence-corrected chi connectivity index (χ2v) is 9.22. The van der Waals surface area contributed by atoms with Gasteiger partial charge in [-0.1, -0.05) is 24.6 Å². The van der Waals surface area contributed by atoms with Crippen molar-refractivity contribution in [2.24, 2.45) is 0 Å². The van der Waals surface area contributed by atoms with Gasteiger partial charge in [-0.3, -0.25) is 4.79 Å². The van der Waals surface area contributed by atoms with Crippen molar-refractivity contribution in [1.82, 2.24) is 14.9 Å². The van der Waals surface area contributed by atoms with Crippen molar-refractivity contribution in [3.63, 3.8) is 0 Å². The summed E-state index contributed by atoms with van der Waals surface area (Å²) >= 11 is 0. The first-order chi connectivity index (χ1) is 16.6. The van der Waals surface area contributed by atoms with Crippen LogP contribution >= 0.6 is 0 Å². The monoisotopic (exact) mass is 463 g/mol. The van der Waals surface area contributed by atoms with Gasteiger partial charge in [-0.25, -0.2) is 4.98 Å². The van der Waals surface area contributed by atoms with Gasteiger partial charge in [-0.2, -0.15) is 0 Å². The normalized spacial score (nSPS) is 15.6. The van der Waals surface area contributed by atoms with Crippen LogP contribution < -0.4 is 10.1 Å². The van der Waals surface area contributed by atoms with Crippen LogP contribution in [0.1, 0.15) is 55.5 Å². The molecule has 6 nitrogen and oxygen atoms in total. The maximum atomic E-state index is 12.0. The molecule has 6 heteroatoms. The molecule has 1 aliphatic heterocycles. The zero-order valence-corrected chi connectivity index (χ0v) is 20.5. The third kappa shape index (κ3) is 6.38. The summed E-state index contributed by atoms with van der Waals surface area (Å²) in [6.07, 6.45) is 6.54. The van der Waals surface area contributed by atoms with E-state index in [1.807, 2.05) is 12.1 Å². The summed E-state index contributed by atoms with van der Waals surface area (Å²) in [6, 6.07) is 14.6. The number of carbonyl (C=O) groups is 1. The van der Waals surface area contributed by atoms with E-state index in [1.54, 1.807) is 0 Å². The molecule has 2 heterocycles. The van der Waals surface area contributed by atoms with Gasteiger partial charge in [-0.15, -0.1) is 0 Å². The van der Waals surface area contributed by atoms with Gasteiger partial charge in [0.1, 0.15) is 17.7 Å². The first-order valence-electron chi connectivity index (χ1n) is 12.7. The van der Waals surface area contributed by atoms with E-state index in [0.717, 1.165) is 68.6 Å². The van der Waals surface area contributed by atoms with Crippen molar-refractivity contribution in [2.75, 3.05) is 19.8 Å². The van der Waals surface area contributed by atoms with Crippen LogP contribution in [0.3, 0.4) is 0 Å². The molecule has 1 unspecified atom stereocenters. The largest absolute Gasteiger partial charge is 0.494 e. The van der Waals surface area contributed by atoms with Gasteiger partial charge in [-0.05, 0) is 81.3 Å². The van der Waals surface area contributed by atoms with Crippen LogP contribution in [-0.4, -0.2) is 41.3 Å². The molecule has 1 saturated heterocycles. The van der Waals surface area contributed by atoms with Gasteiger partial charge < -0.3 is 19.4 Å². The number of hydrogen-bond acceptors (Lipinski definition) is 4. The van der Waals surface area contributed by atoms with Crippen LogP contribution in [0.15, 0.2) is 42.5 Å². The highest BCUT2D eigenvalue weighted by atomic mass is 16.5. The highest BCUT2D eigenvalue weighted by Gasteiger charge is 2.22. The summed E-state index contributed by atoms with van der Waals surface area (Å²) in [4.78, 5) is 16.9. The number of rotatable bonds is 12. The number of aryl methyl sites for hydroxylation is 4. The SMILES string of the molecule is Cc1ccc(OCCCn2c(CCCCCNC(=O)C3CCCO3)nc3ccccc32)cc1C. The molecular formula is C28H37N3O3. The molecule has 34 heavy (non-hydrogen) atoms. The molecule has 0 saturated carbocycles. The van der Waals surface area contributed by atoms with Crippen molar-refractivity contribution in [2.45, 2.75) is 71.4 Å². The van der Waals surface area contributed by atoms with Crippen molar-refractivity contribution in [3.05, 3.63) is 59.4 Å². The minimum absolute atomic E-state index is 0.0438. The van der Waals surface area contributed by atoms with E-state index in [4.69, 9.17) is 14.5 Å². The highest BCUT2D eigenvalue weighted by molar-refractivity contribution is 5.80. The van der Waals surface area contributed by atoms with Crippen LogP contribution in [0, 0.1) is 13.8 Å². The average Bonchev–Trinajstić information content (AvgIpc) is 3.50. The van der Waals surface area contributed by atoms with E-state index in [-0.39, 0.29) is 12.0 Å². The predicted octanol–water partition coefficient (Wildman–Crippen LogP) is 5.13. The Morgan fingerprint density at radius 2 is 2.00 bits per heavy atom. The second-order valence-electron chi connectivity index (χ2n) is 9.22. The van der Waals surface area contributed by atoms with E-state index in [2.05, 4.69) is 54.1 Å². The number of benzene rings is 2. The first-order valence-corrected chi connectivity index (χ1v) is 12.7. The molecule has 0 bridgehead atoms. The smallest absolute Gasteiger partial charge is 0.249 e. The molecule has 1 aromatic heterocycles.